The fourth-order valence-electron chi connectivity index (χ4n) is 2.48. The van der Waals surface area contributed by atoms with Gasteiger partial charge in [-0.05, 0) is 36.8 Å². The number of halogens is 1. The van der Waals surface area contributed by atoms with Crippen molar-refractivity contribution < 1.29 is 14.0 Å². The van der Waals surface area contributed by atoms with Gasteiger partial charge >= 0.3 is 0 Å². The van der Waals surface area contributed by atoms with Crippen LogP contribution in [0.3, 0.4) is 0 Å². The van der Waals surface area contributed by atoms with Crippen LogP contribution in [0.2, 0.25) is 0 Å². The van der Waals surface area contributed by atoms with Gasteiger partial charge in [-0.1, -0.05) is 37.2 Å². The predicted molar refractivity (Wildman–Crippen MR) is 114 cm³/mol. The molecule has 1 aromatic heterocycles. The standard InChI is InChI=1S/C20H20FN3O2S2/c1-2-3-8-18(25)22-13-9-10-16-17(11-13)28-20(24-16)27-12-19(26)23-15-7-5-4-6-14(15)21/h4-7,9-11H,2-3,8,12H2,1H3,(H,22,25)(H,23,26). The quantitative estimate of drug-likeness (QED) is 0.488. The van der Waals surface area contributed by atoms with Crippen molar-refractivity contribution in [2.24, 2.45) is 0 Å². The van der Waals surface area contributed by atoms with Gasteiger partial charge in [0.05, 0.1) is 21.7 Å². The van der Waals surface area contributed by atoms with Gasteiger partial charge in [0.15, 0.2) is 4.34 Å². The Labute approximate surface area is 170 Å². The van der Waals surface area contributed by atoms with Crippen molar-refractivity contribution in [3.63, 3.8) is 0 Å². The Kier molecular flexibility index (Phi) is 7.00. The van der Waals surface area contributed by atoms with Crippen LogP contribution in [0.15, 0.2) is 46.8 Å². The predicted octanol–water partition coefficient (Wildman–Crippen LogP) is 5.29. The Bertz CT molecular complexity index is 990. The monoisotopic (exact) mass is 417 g/mol. The van der Waals surface area contributed by atoms with Gasteiger partial charge < -0.3 is 10.6 Å². The zero-order valence-corrected chi connectivity index (χ0v) is 17.0. The highest BCUT2D eigenvalue weighted by atomic mass is 32.2. The molecule has 1 heterocycles. The topological polar surface area (TPSA) is 71.1 Å². The van der Waals surface area contributed by atoms with Crippen LogP contribution in [0, 0.1) is 5.82 Å². The van der Waals surface area contributed by atoms with E-state index in [9.17, 15) is 14.0 Å². The van der Waals surface area contributed by atoms with E-state index in [0.717, 1.165) is 33.1 Å². The van der Waals surface area contributed by atoms with Crippen LogP contribution in [-0.2, 0) is 9.59 Å². The molecule has 5 nitrogen and oxygen atoms in total. The van der Waals surface area contributed by atoms with Crippen molar-refractivity contribution in [1.82, 2.24) is 4.98 Å². The Morgan fingerprint density at radius 2 is 1.96 bits per heavy atom. The van der Waals surface area contributed by atoms with E-state index in [2.05, 4.69) is 15.6 Å². The highest BCUT2D eigenvalue weighted by molar-refractivity contribution is 8.01. The zero-order chi connectivity index (χ0) is 19.9. The Balaban J connectivity index is 1.59. The first-order chi connectivity index (χ1) is 13.5. The summed E-state index contributed by atoms with van der Waals surface area (Å²) in [6, 6.07) is 11.6. The SMILES string of the molecule is CCCCC(=O)Nc1ccc2nc(SCC(=O)Nc3ccccc3F)sc2c1. The number of carbonyl (C=O) groups is 2. The van der Waals surface area contributed by atoms with Crippen molar-refractivity contribution in [1.29, 1.82) is 0 Å². The zero-order valence-electron chi connectivity index (χ0n) is 15.3. The molecule has 0 unspecified atom stereocenters. The fraction of sp³-hybridized carbons (Fsp3) is 0.250. The number of fused-ring (bicyclic) bond motifs is 1. The maximum atomic E-state index is 13.6. The molecule has 0 saturated carbocycles. The molecule has 0 saturated heterocycles. The fourth-order valence-corrected chi connectivity index (χ4v) is 4.39. The van der Waals surface area contributed by atoms with Crippen LogP contribution < -0.4 is 10.6 Å². The molecular formula is C20H20FN3O2S2. The first kappa shape index (κ1) is 20.3. The third kappa shape index (κ3) is 5.53. The van der Waals surface area contributed by atoms with E-state index in [4.69, 9.17) is 0 Å². The van der Waals surface area contributed by atoms with Crippen LogP contribution in [0.1, 0.15) is 26.2 Å². The number of nitrogens with zero attached hydrogens (tertiary/aromatic N) is 1. The van der Waals surface area contributed by atoms with E-state index >= 15 is 0 Å². The molecule has 2 aromatic carbocycles. The van der Waals surface area contributed by atoms with Crippen molar-refractivity contribution in [3.05, 3.63) is 48.3 Å². The first-order valence-corrected chi connectivity index (χ1v) is 10.7. The second kappa shape index (κ2) is 9.66. The summed E-state index contributed by atoms with van der Waals surface area (Å²) >= 11 is 2.75. The number of unbranched alkanes of at least 4 members (excludes halogenated alkanes) is 1. The summed E-state index contributed by atoms with van der Waals surface area (Å²) in [7, 11) is 0. The lowest BCUT2D eigenvalue weighted by Crippen LogP contribution is -2.14. The normalized spacial score (nSPS) is 10.8. The van der Waals surface area contributed by atoms with Crippen molar-refractivity contribution in [2.45, 2.75) is 30.5 Å². The average Bonchev–Trinajstić information content (AvgIpc) is 3.09. The highest BCUT2D eigenvalue weighted by Crippen LogP contribution is 2.31. The van der Waals surface area contributed by atoms with Gasteiger partial charge in [-0.2, -0.15) is 0 Å². The summed E-state index contributed by atoms with van der Waals surface area (Å²) < 4.78 is 15.3. The molecule has 28 heavy (non-hydrogen) atoms. The number of hydrogen-bond donors (Lipinski definition) is 2. The van der Waals surface area contributed by atoms with E-state index in [1.54, 1.807) is 12.1 Å². The van der Waals surface area contributed by atoms with Crippen LogP contribution in [0.25, 0.3) is 10.2 Å². The van der Waals surface area contributed by atoms with E-state index in [1.807, 2.05) is 25.1 Å². The molecule has 3 rings (SSSR count). The van der Waals surface area contributed by atoms with Gasteiger partial charge in [0, 0.05) is 12.1 Å². The second-order valence-electron chi connectivity index (χ2n) is 6.13. The number of rotatable bonds is 8. The van der Waals surface area contributed by atoms with Gasteiger partial charge in [0.2, 0.25) is 11.8 Å². The minimum Gasteiger partial charge on any atom is -0.326 e. The molecule has 0 bridgehead atoms. The number of para-hydroxylation sites is 1. The molecule has 0 aliphatic heterocycles. The molecular weight excluding hydrogens is 397 g/mol. The smallest absolute Gasteiger partial charge is 0.234 e. The molecule has 0 atom stereocenters. The molecule has 3 aromatic rings. The summed E-state index contributed by atoms with van der Waals surface area (Å²) in [5.41, 5.74) is 1.72. The summed E-state index contributed by atoms with van der Waals surface area (Å²) in [4.78, 5) is 28.4. The third-order valence-corrected chi connectivity index (χ3v) is 6.05. The van der Waals surface area contributed by atoms with Gasteiger partial charge in [0.1, 0.15) is 5.82 Å². The lowest BCUT2D eigenvalue weighted by molar-refractivity contribution is -0.116. The summed E-state index contributed by atoms with van der Waals surface area (Å²) in [5.74, 6) is -0.618. The van der Waals surface area contributed by atoms with Crippen LogP contribution in [0.4, 0.5) is 15.8 Å². The van der Waals surface area contributed by atoms with E-state index in [0.29, 0.717) is 6.42 Å². The maximum absolute atomic E-state index is 13.6. The number of hydrogen-bond acceptors (Lipinski definition) is 5. The van der Waals surface area contributed by atoms with Gasteiger partial charge in [-0.25, -0.2) is 9.37 Å². The number of aromatic nitrogens is 1. The Morgan fingerprint density at radius 1 is 1.14 bits per heavy atom. The number of carbonyl (C=O) groups excluding carboxylic acids is 2. The number of nitrogens with one attached hydrogen (secondary N) is 2. The molecule has 2 amide bonds. The Morgan fingerprint density at radius 3 is 2.75 bits per heavy atom. The summed E-state index contributed by atoms with van der Waals surface area (Å²) in [6.07, 6.45) is 2.35. The highest BCUT2D eigenvalue weighted by Gasteiger charge is 2.11. The van der Waals surface area contributed by atoms with E-state index in [1.165, 1.54) is 35.2 Å². The van der Waals surface area contributed by atoms with Gasteiger partial charge in [-0.15, -0.1) is 11.3 Å². The molecule has 2 N–H and O–H groups in total. The van der Waals surface area contributed by atoms with Crippen LogP contribution in [-0.4, -0.2) is 22.6 Å². The second-order valence-corrected chi connectivity index (χ2v) is 8.38. The van der Waals surface area contributed by atoms with Gasteiger partial charge in [-0.3, -0.25) is 9.59 Å². The first-order valence-electron chi connectivity index (χ1n) is 8.93. The number of thioether (sulfide) groups is 1. The molecule has 0 aliphatic carbocycles. The van der Waals surface area contributed by atoms with E-state index < -0.39 is 5.82 Å². The molecule has 0 aliphatic rings. The minimum absolute atomic E-state index is 0.00475. The van der Waals surface area contributed by atoms with Gasteiger partial charge in [0.25, 0.3) is 0 Å². The molecule has 0 radical (unpaired) electrons. The average molecular weight is 418 g/mol. The number of thiazole rings is 1. The van der Waals surface area contributed by atoms with Crippen molar-refractivity contribution in [3.8, 4) is 0 Å². The number of amides is 2. The lowest BCUT2D eigenvalue weighted by atomic mass is 10.2. The molecule has 146 valence electrons. The van der Waals surface area contributed by atoms with Crippen LogP contribution >= 0.6 is 23.1 Å². The summed E-state index contributed by atoms with van der Waals surface area (Å²) in [5, 5.41) is 5.45. The van der Waals surface area contributed by atoms with E-state index in [-0.39, 0.29) is 23.3 Å². The molecule has 0 fully saturated rings. The largest absolute Gasteiger partial charge is 0.326 e. The molecule has 8 heteroatoms. The van der Waals surface area contributed by atoms with Crippen LogP contribution in [0.5, 0.6) is 0 Å². The Hall–Kier alpha value is -2.45. The number of anilines is 2. The molecule has 0 spiro atoms. The number of benzene rings is 2. The van der Waals surface area contributed by atoms with Crippen molar-refractivity contribution >= 4 is 56.5 Å². The third-order valence-electron chi connectivity index (χ3n) is 3.88. The lowest BCUT2D eigenvalue weighted by Gasteiger charge is -2.04. The maximum Gasteiger partial charge on any atom is 0.234 e. The van der Waals surface area contributed by atoms with Crippen molar-refractivity contribution in [2.75, 3.05) is 16.4 Å². The summed E-state index contributed by atoms with van der Waals surface area (Å²) in [6.45, 7) is 2.05. The minimum atomic E-state index is -0.464.